The predicted octanol–water partition coefficient (Wildman–Crippen LogP) is 2.56. The number of anilines is 1. The number of rotatable bonds is 2. The predicted molar refractivity (Wildman–Crippen MR) is 79.5 cm³/mol. The minimum Gasteiger partial charge on any atom is -0.450 e. The van der Waals surface area contributed by atoms with Crippen molar-refractivity contribution in [3.63, 3.8) is 0 Å². The fourth-order valence-electron chi connectivity index (χ4n) is 2.48. The summed E-state index contributed by atoms with van der Waals surface area (Å²) in [5.74, 6) is 0.00772. The van der Waals surface area contributed by atoms with Gasteiger partial charge in [0.15, 0.2) is 0 Å². The Hall–Kier alpha value is -2.50. The molecule has 1 saturated heterocycles. The third-order valence-corrected chi connectivity index (χ3v) is 3.70. The van der Waals surface area contributed by atoms with Crippen molar-refractivity contribution in [1.82, 2.24) is 9.88 Å². The third kappa shape index (κ3) is 3.69. The number of ether oxygens (including phenoxy) is 1. The van der Waals surface area contributed by atoms with Crippen molar-refractivity contribution in [3.05, 3.63) is 22.9 Å². The molecule has 24 heavy (non-hydrogen) atoms. The molecule has 130 valence electrons. The van der Waals surface area contributed by atoms with E-state index in [9.17, 15) is 23.2 Å². The summed E-state index contributed by atoms with van der Waals surface area (Å²) >= 11 is 0. The number of carbonyl (C=O) groups is 1. The van der Waals surface area contributed by atoms with E-state index in [1.807, 2.05) is 6.07 Å². The van der Waals surface area contributed by atoms with Gasteiger partial charge in [0.05, 0.1) is 12.2 Å². The standard InChI is InChI=1S/C15H17F3N4O2/c1-3-24-14(23)22-6-4-21(5-7-22)13-11(9-19)10(2)8-12(20-13)15(16,17)18/h8H,3-7H2,1-2H3. The molecule has 2 heterocycles. The fraction of sp³-hybridized carbons (Fsp3) is 0.533. The number of hydrogen-bond donors (Lipinski definition) is 0. The van der Waals surface area contributed by atoms with Gasteiger partial charge in [0.2, 0.25) is 0 Å². The number of halogens is 3. The van der Waals surface area contributed by atoms with Gasteiger partial charge in [0.25, 0.3) is 0 Å². The second kappa shape index (κ2) is 6.95. The molecule has 0 aliphatic carbocycles. The molecule has 1 fully saturated rings. The molecule has 1 amide bonds. The van der Waals surface area contributed by atoms with Gasteiger partial charge in [-0.15, -0.1) is 0 Å². The highest BCUT2D eigenvalue weighted by Gasteiger charge is 2.35. The lowest BCUT2D eigenvalue weighted by atomic mass is 10.1. The lowest BCUT2D eigenvalue weighted by molar-refractivity contribution is -0.141. The number of aromatic nitrogens is 1. The second-order valence-corrected chi connectivity index (χ2v) is 5.31. The highest BCUT2D eigenvalue weighted by Crippen LogP contribution is 2.32. The molecule has 0 atom stereocenters. The molecule has 0 N–H and O–H groups in total. The van der Waals surface area contributed by atoms with E-state index in [0.29, 0.717) is 13.1 Å². The highest BCUT2D eigenvalue weighted by atomic mass is 19.4. The van der Waals surface area contributed by atoms with E-state index in [1.54, 1.807) is 11.8 Å². The van der Waals surface area contributed by atoms with Crippen molar-refractivity contribution in [2.24, 2.45) is 0 Å². The van der Waals surface area contributed by atoms with Crippen LogP contribution in [0.2, 0.25) is 0 Å². The summed E-state index contributed by atoms with van der Waals surface area (Å²) in [4.78, 5) is 18.4. The Balaban J connectivity index is 2.25. The number of nitriles is 1. The minimum atomic E-state index is -4.58. The van der Waals surface area contributed by atoms with Crippen molar-refractivity contribution < 1.29 is 22.7 Å². The fourth-order valence-corrected chi connectivity index (χ4v) is 2.48. The zero-order chi connectivity index (χ0) is 17.9. The van der Waals surface area contributed by atoms with Gasteiger partial charge in [0, 0.05) is 26.2 Å². The SMILES string of the molecule is CCOC(=O)N1CCN(c2nc(C(F)(F)F)cc(C)c2C#N)CC1. The van der Waals surface area contributed by atoms with E-state index in [4.69, 9.17) is 4.74 Å². The number of hydrogen-bond acceptors (Lipinski definition) is 5. The molecule has 6 nitrogen and oxygen atoms in total. The monoisotopic (exact) mass is 342 g/mol. The molecule has 1 aromatic rings. The summed E-state index contributed by atoms with van der Waals surface area (Å²) in [6.07, 6.45) is -5.04. The molecule has 0 spiro atoms. The van der Waals surface area contributed by atoms with Gasteiger partial charge >= 0.3 is 12.3 Å². The van der Waals surface area contributed by atoms with Crippen LogP contribution in [0.3, 0.4) is 0 Å². The van der Waals surface area contributed by atoms with Crippen LogP contribution < -0.4 is 4.90 Å². The van der Waals surface area contributed by atoms with Crippen molar-refractivity contribution in [2.75, 3.05) is 37.7 Å². The first kappa shape index (κ1) is 17.8. The molecule has 0 bridgehead atoms. The van der Waals surface area contributed by atoms with Crippen molar-refractivity contribution in [3.8, 4) is 6.07 Å². The van der Waals surface area contributed by atoms with Crippen LogP contribution in [0, 0.1) is 18.3 Å². The van der Waals surface area contributed by atoms with Gasteiger partial charge < -0.3 is 14.5 Å². The number of aryl methyl sites for hydroxylation is 1. The maximum absolute atomic E-state index is 13.0. The minimum absolute atomic E-state index is 0.00772. The van der Waals surface area contributed by atoms with E-state index in [2.05, 4.69) is 4.98 Å². The summed E-state index contributed by atoms with van der Waals surface area (Å²) in [6.45, 7) is 4.55. The van der Waals surface area contributed by atoms with Gasteiger partial charge in [0.1, 0.15) is 17.6 Å². The molecular weight excluding hydrogens is 325 g/mol. The van der Waals surface area contributed by atoms with Gasteiger partial charge in [-0.25, -0.2) is 9.78 Å². The van der Waals surface area contributed by atoms with Crippen LogP contribution in [0.15, 0.2) is 6.07 Å². The Morgan fingerprint density at radius 3 is 2.50 bits per heavy atom. The largest absolute Gasteiger partial charge is 0.450 e. The summed E-state index contributed by atoms with van der Waals surface area (Å²) in [5.41, 5.74) is -0.683. The summed E-state index contributed by atoms with van der Waals surface area (Å²) in [6, 6.07) is 2.79. The van der Waals surface area contributed by atoms with Crippen LogP contribution in [0.1, 0.15) is 23.7 Å². The first-order valence-corrected chi connectivity index (χ1v) is 7.43. The maximum atomic E-state index is 13.0. The van der Waals surface area contributed by atoms with E-state index < -0.39 is 18.0 Å². The average molecular weight is 342 g/mol. The topological polar surface area (TPSA) is 69.5 Å². The summed E-state index contributed by atoms with van der Waals surface area (Å²) < 4.78 is 43.8. The molecule has 0 unspecified atom stereocenters. The Kier molecular flexibility index (Phi) is 5.17. The van der Waals surface area contributed by atoms with Gasteiger partial charge in [-0.1, -0.05) is 0 Å². The zero-order valence-corrected chi connectivity index (χ0v) is 13.4. The van der Waals surface area contributed by atoms with E-state index >= 15 is 0 Å². The van der Waals surface area contributed by atoms with Gasteiger partial charge in [-0.05, 0) is 25.5 Å². The molecule has 2 rings (SSSR count). The molecule has 0 radical (unpaired) electrons. The number of piperazine rings is 1. The van der Waals surface area contributed by atoms with Crippen LogP contribution in [0.25, 0.3) is 0 Å². The smallest absolute Gasteiger partial charge is 0.433 e. The number of carbonyl (C=O) groups excluding carboxylic acids is 1. The Morgan fingerprint density at radius 1 is 1.38 bits per heavy atom. The van der Waals surface area contributed by atoms with Crippen molar-refractivity contribution in [2.45, 2.75) is 20.0 Å². The average Bonchev–Trinajstić information content (AvgIpc) is 2.53. The zero-order valence-electron chi connectivity index (χ0n) is 13.4. The number of alkyl halides is 3. The Bertz CT molecular complexity index is 662. The van der Waals surface area contributed by atoms with Crippen LogP contribution in [0.4, 0.5) is 23.8 Å². The number of pyridine rings is 1. The summed E-state index contributed by atoms with van der Waals surface area (Å²) in [7, 11) is 0. The second-order valence-electron chi connectivity index (χ2n) is 5.31. The Labute approximate surface area is 137 Å². The lowest BCUT2D eigenvalue weighted by Crippen LogP contribution is -2.49. The first-order chi connectivity index (χ1) is 11.3. The molecule has 1 aromatic heterocycles. The van der Waals surface area contributed by atoms with E-state index in [0.717, 1.165) is 6.07 Å². The summed E-state index contributed by atoms with van der Waals surface area (Å²) in [5, 5.41) is 9.25. The van der Waals surface area contributed by atoms with Gasteiger partial charge in [-0.2, -0.15) is 18.4 Å². The van der Waals surface area contributed by atoms with Crippen LogP contribution in [0.5, 0.6) is 0 Å². The number of nitrogens with zero attached hydrogens (tertiary/aromatic N) is 4. The lowest BCUT2D eigenvalue weighted by Gasteiger charge is -2.35. The van der Waals surface area contributed by atoms with Crippen LogP contribution >= 0.6 is 0 Å². The highest BCUT2D eigenvalue weighted by molar-refractivity contribution is 5.68. The quantitative estimate of drug-likeness (QED) is 0.826. The molecular formula is C15H17F3N4O2. The normalized spacial score (nSPS) is 15.2. The van der Waals surface area contributed by atoms with Crippen molar-refractivity contribution >= 4 is 11.9 Å². The van der Waals surface area contributed by atoms with E-state index in [-0.39, 0.29) is 36.6 Å². The first-order valence-electron chi connectivity index (χ1n) is 7.43. The number of amides is 1. The van der Waals surface area contributed by atoms with Crippen molar-refractivity contribution in [1.29, 1.82) is 5.26 Å². The molecule has 9 heteroatoms. The van der Waals surface area contributed by atoms with Gasteiger partial charge in [-0.3, -0.25) is 0 Å². The third-order valence-electron chi connectivity index (χ3n) is 3.70. The van der Waals surface area contributed by atoms with Crippen LogP contribution in [-0.2, 0) is 10.9 Å². The molecule has 0 aromatic carbocycles. The van der Waals surface area contributed by atoms with E-state index in [1.165, 1.54) is 11.8 Å². The van der Waals surface area contributed by atoms with Crippen LogP contribution in [-0.4, -0.2) is 48.8 Å². The molecule has 1 aliphatic rings. The molecule has 0 saturated carbocycles. The maximum Gasteiger partial charge on any atom is 0.433 e. The Morgan fingerprint density at radius 2 is 2.00 bits per heavy atom. The molecule has 1 aliphatic heterocycles.